The highest BCUT2D eigenvalue weighted by Crippen LogP contribution is 2.21. The van der Waals surface area contributed by atoms with Crippen LogP contribution in [0, 0.1) is 11.6 Å². The molecule has 0 amide bonds. The van der Waals surface area contributed by atoms with E-state index in [2.05, 4.69) is 0 Å². The minimum atomic E-state index is -0.491. The summed E-state index contributed by atoms with van der Waals surface area (Å²) in [6, 6.07) is 9.23. The zero-order chi connectivity index (χ0) is 15.2. The van der Waals surface area contributed by atoms with E-state index in [1.54, 1.807) is 24.3 Å². The Labute approximate surface area is 124 Å². The lowest BCUT2D eigenvalue weighted by Crippen LogP contribution is -2.13. The van der Waals surface area contributed by atoms with Crippen molar-refractivity contribution in [3.05, 3.63) is 59.2 Å². The fraction of sp³-hybridized carbons (Fsp3) is 0.250. The molecule has 2 rings (SSSR count). The van der Waals surface area contributed by atoms with Crippen LogP contribution in [-0.4, -0.2) is 7.69 Å². The highest BCUT2D eigenvalue weighted by molar-refractivity contribution is 6.20. The van der Waals surface area contributed by atoms with Gasteiger partial charge in [-0.3, -0.25) is 0 Å². The maximum absolute atomic E-state index is 13.6. The van der Waals surface area contributed by atoms with E-state index in [0.29, 0.717) is 0 Å². The third-order valence-corrected chi connectivity index (χ3v) is 3.16. The first kappa shape index (κ1) is 15.4. The van der Waals surface area contributed by atoms with E-state index in [4.69, 9.17) is 9.31 Å². The van der Waals surface area contributed by atoms with Gasteiger partial charge in [0, 0.05) is 0 Å². The van der Waals surface area contributed by atoms with Gasteiger partial charge >= 0.3 is 7.69 Å². The van der Waals surface area contributed by atoms with Gasteiger partial charge in [0.25, 0.3) is 0 Å². The van der Waals surface area contributed by atoms with Crippen molar-refractivity contribution in [1.82, 2.24) is 0 Å². The zero-order valence-corrected chi connectivity index (χ0v) is 12.0. The van der Waals surface area contributed by atoms with E-state index in [-0.39, 0.29) is 11.5 Å². The molecule has 0 heterocycles. The van der Waals surface area contributed by atoms with Gasteiger partial charge in [-0.05, 0) is 48.2 Å². The molecule has 0 aliphatic heterocycles. The first-order chi connectivity index (χ1) is 10.1. The molecule has 0 N–H and O–H groups in total. The average molecular weight is 289 g/mol. The van der Waals surface area contributed by atoms with Crippen LogP contribution in [0.3, 0.4) is 0 Å². The van der Waals surface area contributed by atoms with Crippen LogP contribution in [0.25, 0.3) is 0 Å². The summed E-state index contributed by atoms with van der Waals surface area (Å²) in [5.41, 5.74) is 1.89. The third-order valence-electron chi connectivity index (χ3n) is 3.16. The Morgan fingerprint density at radius 3 is 1.62 bits per heavy atom. The predicted octanol–water partition coefficient (Wildman–Crippen LogP) is 4.08. The molecule has 0 bridgehead atoms. The molecule has 0 aliphatic carbocycles. The molecule has 0 saturated heterocycles. The maximum Gasteiger partial charge on any atom is 0.658 e. The molecule has 1 radical (unpaired) electrons. The highest BCUT2D eigenvalue weighted by Gasteiger charge is 2.10. The molecular weight excluding hydrogens is 273 g/mol. The van der Waals surface area contributed by atoms with Crippen molar-refractivity contribution in [2.75, 3.05) is 0 Å². The standard InChI is InChI=1S/C16H16BF2O2/c1-3-11-5-7-13(18)15(9-11)20-17-21-16-10-12(4-2)6-8-14(16)19/h5-10H,3-4H2,1-2H3. The van der Waals surface area contributed by atoms with Gasteiger partial charge in [-0.15, -0.1) is 0 Å². The van der Waals surface area contributed by atoms with Crippen LogP contribution >= 0.6 is 0 Å². The summed E-state index contributed by atoms with van der Waals surface area (Å²) in [7, 11) is 0.940. The van der Waals surface area contributed by atoms with Gasteiger partial charge in [0.05, 0.1) is 0 Å². The zero-order valence-electron chi connectivity index (χ0n) is 12.0. The number of rotatable bonds is 6. The van der Waals surface area contributed by atoms with Gasteiger partial charge in [0.15, 0.2) is 11.6 Å². The molecule has 5 heteroatoms. The average Bonchev–Trinajstić information content (AvgIpc) is 2.51. The lowest BCUT2D eigenvalue weighted by Gasteiger charge is -2.10. The second-order valence-electron chi connectivity index (χ2n) is 4.57. The molecule has 2 nitrogen and oxygen atoms in total. The van der Waals surface area contributed by atoms with Crippen molar-refractivity contribution < 1.29 is 18.1 Å². The summed E-state index contributed by atoms with van der Waals surface area (Å²) in [5.74, 6) is -0.868. The molecule has 2 aromatic carbocycles. The molecule has 0 atom stereocenters. The van der Waals surface area contributed by atoms with Crippen molar-refractivity contribution >= 4 is 7.69 Å². The number of hydrogen-bond donors (Lipinski definition) is 0. The van der Waals surface area contributed by atoms with Gasteiger partial charge in [-0.2, -0.15) is 0 Å². The van der Waals surface area contributed by atoms with Crippen molar-refractivity contribution in [2.24, 2.45) is 0 Å². The van der Waals surface area contributed by atoms with Crippen LogP contribution in [0.15, 0.2) is 36.4 Å². The van der Waals surface area contributed by atoms with Crippen LogP contribution in [0.4, 0.5) is 8.78 Å². The SMILES string of the molecule is CCc1ccc(F)c(O[B]Oc2cc(CC)ccc2F)c1. The molecule has 0 aliphatic rings. The highest BCUT2D eigenvalue weighted by atomic mass is 19.1. The van der Waals surface area contributed by atoms with Crippen LogP contribution in [0.1, 0.15) is 25.0 Å². The number of aryl methyl sites for hydroxylation is 2. The van der Waals surface area contributed by atoms with Crippen LogP contribution in [0.2, 0.25) is 0 Å². The molecular formula is C16H16BF2O2. The second-order valence-corrected chi connectivity index (χ2v) is 4.57. The fourth-order valence-electron chi connectivity index (χ4n) is 1.84. The van der Waals surface area contributed by atoms with Gasteiger partial charge in [-0.25, -0.2) is 8.78 Å². The quantitative estimate of drug-likeness (QED) is 0.746. The minimum absolute atomic E-state index is 0.0569. The third kappa shape index (κ3) is 3.97. The van der Waals surface area contributed by atoms with E-state index in [1.807, 2.05) is 13.8 Å². The van der Waals surface area contributed by atoms with E-state index in [1.165, 1.54) is 12.1 Å². The van der Waals surface area contributed by atoms with Crippen LogP contribution in [-0.2, 0) is 12.8 Å². The summed E-state index contributed by atoms with van der Waals surface area (Å²) in [6.07, 6.45) is 1.54. The predicted molar refractivity (Wildman–Crippen MR) is 78.6 cm³/mol. The number of benzene rings is 2. The molecule has 0 spiro atoms. The summed E-state index contributed by atoms with van der Waals surface area (Å²) in [6.45, 7) is 3.92. The van der Waals surface area contributed by atoms with Crippen molar-refractivity contribution in [3.63, 3.8) is 0 Å². The molecule has 0 unspecified atom stereocenters. The van der Waals surface area contributed by atoms with E-state index in [9.17, 15) is 8.78 Å². The van der Waals surface area contributed by atoms with Gasteiger partial charge < -0.3 is 9.31 Å². The first-order valence-electron chi connectivity index (χ1n) is 6.86. The Balaban J connectivity index is 2.01. The summed E-state index contributed by atoms with van der Waals surface area (Å²) >= 11 is 0. The van der Waals surface area contributed by atoms with Crippen molar-refractivity contribution in [1.29, 1.82) is 0 Å². The fourth-order valence-corrected chi connectivity index (χ4v) is 1.84. The topological polar surface area (TPSA) is 18.5 Å². The number of halogens is 2. The Morgan fingerprint density at radius 2 is 1.24 bits per heavy atom. The largest absolute Gasteiger partial charge is 0.658 e. The van der Waals surface area contributed by atoms with Crippen LogP contribution < -0.4 is 9.31 Å². The minimum Gasteiger partial charge on any atom is -0.524 e. The number of hydrogen-bond acceptors (Lipinski definition) is 2. The van der Waals surface area contributed by atoms with Gasteiger partial charge in [-0.1, -0.05) is 26.0 Å². The summed E-state index contributed by atoms with van der Waals surface area (Å²) in [4.78, 5) is 0. The van der Waals surface area contributed by atoms with Gasteiger partial charge in [0.2, 0.25) is 0 Å². The molecule has 0 aromatic heterocycles. The van der Waals surface area contributed by atoms with Crippen molar-refractivity contribution in [2.45, 2.75) is 26.7 Å². The second kappa shape index (κ2) is 7.11. The lowest BCUT2D eigenvalue weighted by molar-refractivity contribution is 0.420. The molecule has 0 saturated carbocycles. The Hall–Kier alpha value is -2.04. The lowest BCUT2D eigenvalue weighted by atomic mass is 10.1. The summed E-state index contributed by atoms with van der Waals surface area (Å²) < 4.78 is 37.4. The maximum atomic E-state index is 13.6. The Morgan fingerprint density at radius 1 is 0.810 bits per heavy atom. The van der Waals surface area contributed by atoms with Crippen LogP contribution in [0.5, 0.6) is 11.5 Å². The summed E-state index contributed by atoms with van der Waals surface area (Å²) in [5, 5.41) is 0. The first-order valence-corrected chi connectivity index (χ1v) is 6.86. The molecule has 2 aromatic rings. The monoisotopic (exact) mass is 289 g/mol. The molecule has 109 valence electrons. The van der Waals surface area contributed by atoms with E-state index < -0.39 is 11.6 Å². The molecule has 21 heavy (non-hydrogen) atoms. The van der Waals surface area contributed by atoms with Crippen molar-refractivity contribution in [3.8, 4) is 11.5 Å². The van der Waals surface area contributed by atoms with Gasteiger partial charge in [0.1, 0.15) is 11.5 Å². The molecule has 0 fully saturated rings. The Bertz CT molecular complexity index is 564. The van der Waals surface area contributed by atoms with E-state index in [0.717, 1.165) is 31.7 Å². The normalized spacial score (nSPS) is 10.3. The van der Waals surface area contributed by atoms with E-state index >= 15 is 0 Å². The smallest absolute Gasteiger partial charge is 0.524 e. The Kier molecular flexibility index (Phi) is 5.20.